The van der Waals surface area contributed by atoms with Crippen molar-refractivity contribution < 1.29 is 13.2 Å². The van der Waals surface area contributed by atoms with Crippen LogP contribution >= 0.6 is 22.9 Å². The Hall–Kier alpha value is -2.88. The van der Waals surface area contributed by atoms with E-state index in [-0.39, 0.29) is 17.3 Å². The topological polar surface area (TPSA) is 93.1 Å². The molecule has 0 atom stereocenters. The minimum Gasteiger partial charge on any atom is -0.338 e. The second-order valence-corrected chi connectivity index (χ2v) is 9.18. The van der Waals surface area contributed by atoms with Crippen molar-refractivity contribution >= 4 is 60.6 Å². The zero-order valence-corrected chi connectivity index (χ0v) is 17.3. The fraction of sp³-hybridized carbons (Fsp3) is 0.0526. The van der Waals surface area contributed by atoms with Crippen LogP contribution in [0.25, 0.3) is 10.9 Å². The van der Waals surface area contributed by atoms with Crippen LogP contribution in [-0.2, 0) is 21.4 Å². The van der Waals surface area contributed by atoms with Crippen LogP contribution in [0.2, 0.25) is 5.02 Å². The van der Waals surface area contributed by atoms with Gasteiger partial charge >= 0.3 is 0 Å². The second kappa shape index (κ2) is 7.86. The Bertz CT molecular complexity index is 1270. The van der Waals surface area contributed by atoms with Crippen LogP contribution in [0.1, 0.15) is 0 Å². The van der Waals surface area contributed by atoms with Crippen molar-refractivity contribution in [2.45, 2.75) is 11.4 Å². The van der Waals surface area contributed by atoms with Crippen molar-refractivity contribution in [1.82, 2.24) is 9.55 Å². The maximum Gasteiger partial charge on any atom is 0.263 e. The Kier molecular flexibility index (Phi) is 5.27. The van der Waals surface area contributed by atoms with Gasteiger partial charge in [-0.1, -0.05) is 17.7 Å². The molecule has 0 bridgehead atoms. The minimum atomic E-state index is -3.73. The highest BCUT2D eigenvalue weighted by Crippen LogP contribution is 2.22. The van der Waals surface area contributed by atoms with E-state index in [2.05, 4.69) is 15.0 Å². The predicted molar refractivity (Wildman–Crippen MR) is 115 cm³/mol. The van der Waals surface area contributed by atoms with E-state index in [0.717, 1.165) is 10.9 Å². The summed E-state index contributed by atoms with van der Waals surface area (Å²) in [7, 11) is -3.73. The number of carbonyl (C=O) groups excluding carboxylic acids is 1. The first kappa shape index (κ1) is 19.4. The smallest absolute Gasteiger partial charge is 0.263 e. The molecule has 4 aromatic rings. The molecule has 7 nitrogen and oxygen atoms in total. The van der Waals surface area contributed by atoms with E-state index in [0.29, 0.717) is 15.8 Å². The van der Waals surface area contributed by atoms with Gasteiger partial charge < -0.3 is 9.88 Å². The van der Waals surface area contributed by atoms with Crippen molar-refractivity contribution in [3.8, 4) is 0 Å². The van der Waals surface area contributed by atoms with E-state index >= 15 is 0 Å². The van der Waals surface area contributed by atoms with E-state index < -0.39 is 10.0 Å². The van der Waals surface area contributed by atoms with Crippen LogP contribution < -0.4 is 10.0 Å². The molecular formula is C19H15ClN4O3S2. The molecular weight excluding hydrogens is 432 g/mol. The summed E-state index contributed by atoms with van der Waals surface area (Å²) < 4.78 is 28.9. The van der Waals surface area contributed by atoms with Gasteiger partial charge in [-0.05, 0) is 47.9 Å². The fourth-order valence-electron chi connectivity index (χ4n) is 2.82. The molecule has 0 radical (unpaired) electrons. The number of benzene rings is 2. The minimum absolute atomic E-state index is 0.0803. The first-order valence-corrected chi connectivity index (χ1v) is 11.2. The van der Waals surface area contributed by atoms with Gasteiger partial charge in [-0.3, -0.25) is 9.52 Å². The van der Waals surface area contributed by atoms with Gasteiger partial charge in [0.05, 0.1) is 4.90 Å². The third-order valence-electron chi connectivity index (χ3n) is 4.15. The van der Waals surface area contributed by atoms with Crippen LogP contribution in [0, 0.1) is 0 Å². The van der Waals surface area contributed by atoms with Gasteiger partial charge in [0.2, 0.25) is 5.91 Å². The van der Waals surface area contributed by atoms with E-state index in [1.807, 2.05) is 18.3 Å². The number of amides is 1. The van der Waals surface area contributed by atoms with Gasteiger partial charge in [0, 0.05) is 34.0 Å². The van der Waals surface area contributed by atoms with Crippen molar-refractivity contribution in [2.24, 2.45) is 0 Å². The molecule has 0 saturated carbocycles. The van der Waals surface area contributed by atoms with Crippen LogP contribution in [0.4, 0.5) is 10.8 Å². The number of carbonyl (C=O) groups is 1. The fourth-order valence-corrected chi connectivity index (χ4v) is 4.77. The number of nitrogens with one attached hydrogen (secondary N) is 2. The summed E-state index contributed by atoms with van der Waals surface area (Å²) in [5, 5.41) is 6.33. The SMILES string of the molecule is O=C(Cn1ccc2ccc(Cl)cc21)Nc1ccc(S(=O)(=O)Nc2nccs2)cc1. The van der Waals surface area contributed by atoms with E-state index in [9.17, 15) is 13.2 Å². The molecule has 2 N–H and O–H groups in total. The third-order valence-corrected chi connectivity index (χ3v) is 6.56. The van der Waals surface area contributed by atoms with Gasteiger partial charge in [-0.2, -0.15) is 0 Å². The standard InChI is InChI=1S/C19H15ClN4O3S2/c20-14-2-1-13-7-9-24(17(13)11-14)12-18(25)22-15-3-5-16(6-4-15)29(26,27)23-19-21-8-10-28-19/h1-11H,12H2,(H,21,23)(H,22,25). The number of nitrogens with zero attached hydrogens (tertiary/aromatic N) is 2. The number of rotatable bonds is 6. The maximum absolute atomic E-state index is 12.4. The molecule has 4 rings (SSSR count). The number of hydrogen-bond donors (Lipinski definition) is 2. The van der Waals surface area contributed by atoms with Crippen LogP contribution in [0.15, 0.2) is 71.2 Å². The summed E-state index contributed by atoms with van der Waals surface area (Å²) >= 11 is 7.23. The molecule has 0 spiro atoms. The third kappa shape index (κ3) is 4.42. The monoisotopic (exact) mass is 446 g/mol. The van der Waals surface area contributed by atoms with Crippen molar-refractivity contribution in [3.05, 3.63) is 71.3 Å². The first-order chi connectivity index (χ1) is 13.9. The summed E-state index contributed by atoms with van der Waals surface area (Å²) in [5.41, 5.74) is 1.36. The van der Waals surface area contributed by atoms with Crippen LogP contribution in [-0.4, -0.2) is 23.9 Å². The Labute approximate surface area is 176 Å². The lowest BCUT2D eigenvalue weighted by atomic mass is 10.2. The average molecular weight is 447 g/mol. The van der Waals surface area contributed by atoms with Gasteiger partial charge in [-0.25, -0.2) is 13.4 Å². The Morgan fingerprint density at radius 1 is 1.14 bits per heavy atom. The molecule has 0 fully saturated rings. The van der Waals surface area contributed by atoms with E-state index in [1.165, 1.54) is 29.7 Å². The molecule has 2 aromatic carbocycles. The number of anilines is 2. The summed E-state index contributed by atoms with van der Waals surface area (Å²) in [6.45, 7) is 0.107. The molecule has 10 heteroatoms. The van der Waals surface area contributed by atoms with Crippen molar-refractivity contribution in [2.75, 3.05) is 10.0 Å². The van der Waals surface area contributed by atoms with Gasteiger partial charge in [0.1, 0.15) is 6.54 Å². The molecule has 2 aromatic heterocycles. The number of hydrogen-bond acceptors (Lipinski definition) is 5. The lowest BCUT2D eigenvalue weighted by molar-refractivity contribution is -0.116. The molecule has 0 saturated heterocycles. The number of fused-ring (bicyclic) bond motifs is 1. The maximum atomic E-state index is 12.4. The quantitative estimate of drug-likeness (QED) is 0.464. The Morgan fingerprint density at radius 3 is 2.66 bits per heavy atom. The summed E-state index contributed by atoms with van der Waals surface area (Å²) in [6.07, 6.45) is 3.34. The lowest BCUT2D eigenvalue weighted by Gasteiger charge is -2.09. The Morgan fingerprint density at radius 2 is 1.93 bits per heavy atom. The van der Waals surface area contributed by atoms with Gasteiger partial charge in [0.25, 0.3) is 10.0 Å². The van der Waals surface area contributed by atoms with E-state index in [1.54, 1.807) is 34.2 Å². The molecule has 0 aliphatic carbocycles. The molecule has 0 unspecified atom stereocenters. The molecule has 0 aliphatic rings. The highest BCUT2D eigenvalue weighted by atomic mass is 35.5. The number of aromatic nitrogens is 2. The average Bonchev–Trinajstić information content (AvgIpc) is 3.32. The largest absolute Gasteiger partial charge is 0.338 e. The normalized spacial score (nSPS) is 11.5. The van der Waals surface area contributed by atoms with Crippen molar-refractivity contribution in [3.63, 3.8) is 0 Å². The van der Waals surface area contributed by atoms with E-state index in [4.69, 9.17) is 11.6 Å². The van der Waals surface area contributed by atoms with Crippen LogP contribution in [0.3, 0.4) is 0 Å². The van der Waals surface area contributed by atoms with Crippen molar-refractivity contribution in [1.29, 1.82) is 0 Å². The molecule has 0 aliphatic heterocycles. The zero-order valence-electron chi connectivity index (χ0n) is 14.9. The summed E-state index contributed by atoms with van der Waals surface area (Å²) in [6, 6.07) is 13.3. The number of thiazole rings is 1. The van der Waals surface area contributed by atoms with Crippen LogP contribution in [0.5, 0.6) is 0 Å². The van der Waals surface area contributed by atoms with Gasteiger partial charge in [0.15, 0.2) is 5.13 Å². The molecule has 1 amide bonds. The number of sulfonamides is 1. The number of halogens is 1. The first-order valence-electron chi connectivity index (χ1n) is 8.47. The highest BCUT2D eigenvalue weighted by Gasteiger charge is 2.15. The zero-order chi connectivity index (χ0) is 20.4. The molecule has 2 heterocycles. The summed E-state index contributed by atoms with van der Waals surface area (Å²) in [5.74, 6) is -0.237. The predicted octanol–water partition coefficient (Wildman–Crippen LogP) is 4.19. The Balaban J connectivity index is 1.44. The van der Waals surface area contributed by atoms with Gasteiger partial charge in [-0.15, -0.1) is 11.3 Å². The second-order valence-electron chi connectivity index (χ2n) is 6.16. The molecule has 29 heavy (non-hydrogen) atoms. The highest BCUT2D eigenvalue weighted by molar-refractivity contribution is 7.93. The summed E-state index contributed by atoms with van der Waals surface area (Å²) in [4.78, 5) is 16.4. The molecule has 148 valence electrons. The lowest BCUT2D eigenvalue weighted by Crippen LogP contribution is -2.18.